The molecule has 162 valence electrons. The van der Waals surface area contributed by atoms with E-state index in [9.17, 15) is 22.4 Å². The third-order valence-corrected chi connectivity index (χ3v) is 5.93. The molecule has 30 heavy (non-hydrogen) atoms. The maximum Gasteiger partial charge on any atom is 0.435 e. The molecule has 0 unspecified atom stereocenters. The number of benzene rings is 1. The second-order valence-corrected chi connectivity index (χ2v) is 8.08. The SMILES string of the molecule is Cn1nc(C(F)(F)F)cc1-c1ccc(C[C@@H](N)NC(=O)[C@H]2N[C@@H]3CC[C@H]2C3)c(F)c1. The molecule has 1 aromatic heterocycles. The van der Waals surface area contributed by atoms with Gasteiger partial charge in [0.1, 0.15) is 5.82 Å². The van der Waals surface area contributed by atoms with Crippen LogP contribution in [0.5, 0.6) is 0 Å². The minimum atomic E-state index is -4.58. The highest BCUT2D eigenvalue weighted by atomic mass is 19.4. The molecule has 1 aliphatic heterocycles. The molecule has 0 radical (unpaired) electrons. The van der Waals surface area contributed by atoms with Gasteiger partial charge in [-0.05, 0) is 42.9 Å². The number of hydrogen-bond donors (Lipinski definition) is 3. The van der Waals surface area contributed by atoms with Gasteiger partial charge in [0.05, 0.1) is 17.9 Å². The Hall–Kier alpha value is -2.46. The fraction of sp³-hybridized carbons (Fsp3) is 0.500. The van der Waals surface area contributed by atoms with E-state index in [1.807, 2.05) is 0 Å². The summed E-state index contributed by atoms with van der Waals surface area (Å²) < 4.78 is 54.2. The van der Waals surface area contributed by atoms with Crippen molar-refractivity contribution in [3.63, 3.8) is 0 Å². The topological polar surface area (TPSA) is 85.0 Å². The van der Waals surface area contributed by atoms with Gasteiger partial charge in [0.15, 0.2) is 5.69 Å². The molecule has 1 amide bonds. The number of aromatic nitrogens is 2. The van der Waals surface area contributed by atoms with Crippen LogP contribution in [0.4, 0.5) is 17.6 Å². The highest BCUT2D eigenvalue weighted by molar-refractivity contribution is 5.83. The third-order valence-electron chi connectivity index (χ3n) is 5.93. The van der Waals surface area contributed by atoms with Gasteiger partial charge in [-0.2, -0.15) is 18.3 Å². The number of rotatable bonds is 5. The summed E-state index contributed by atoms with van der Waals surface area (Å²) in [5.74, 6) is -0.468. The molecule has 4 rings (SSSR count). The van der Waals surface area contributed by atoms with Gasteiger partial charge in [-0.15, -0.1) is 0 Å². The van der Waals surface area contributed by atoms with E-state index in [1.165, 1.54) is 19.2 Å². The summed E-state index contributed by atoms with van der Waals surface area (Å²) >= 11 is 0. The fourth-order valence-corrected chi connectivity index (χ4v) is 4.46. The number of halogens is 4. The van der Waals surface area contributed by atoms with E-state index in [1.54, 1.807) is 0 Å². The molecule has 1 saturated heterocycles. The van der Waals surface area contributed by atoms with Gasteiger partial charge in [-0.1, -0.05) is 12.1 Å². The third kappa shape index (κ3) is 4.06. The Bertz CT molecular complexity index is 957. The molecular formula is C20H23F4N5O. The second kappa shape index (κ2) is 7.66. The fourth-order valence-electron chi connectivity index (χ4n) is 4.46. The van der Waals surface area contributed by atoms with Crippen molar-refractivity contribution in [3.8, 4) is 11.3 Å². The van der Waals surface area contributed by atoms with Gasteiger partial charge in [0, 0.05) is 25.1 Å². The molecular weight excluding hydrogens is 402 g/mol. The summed E-state index contributed by atoms with van der Waals surface area (Å²) in [6.45, 7) is 0. The van der Waals surface area contributed by atoms with E-state index in [0.29, 0.717) is 12.0 Å². The largest absolute Gasteiger partial charge is 0.435 e. The quantitative estimate of drug-likeness (QED) is 0.507. The number of alkyl halides is 3. The monoisotopic (exact) mass is 425 g/mol. The zero-order valence-electron chi connectivity index (χ0n) is 16.3. The standard InChI is InChI=1S/C20H23F4N5O/c1-29-15(9-16(28-29)20(22,23)24)11-3-2-10(14(21)7-11)8-17(25)27-19(30)18-12-4-5-13(6-12)26-18/h2-3,7,9,12-13,17-18,26H,4-6,8,25H2,1H3,(H,27,30)/t12-,13+,17-,18-/m0/s1. The van der Waals surface area contributed by atoms with Crippen molar-refractivity contribution < 1.29 is 22.4 Å². The Morgan fingerprint density at radius 3 is 2.70 bits per heavy atom. The number of fused-ring (bicyclic) bond motifs is 2. The zero-order valence-corrected chi connectivity index (χ0v) is 16.3. The van der Waals surface area contributed by atoms with Crippen molar-refractivity contribution in [1.29, 1.82) is 0 Å². The van der Waals surface area contributed by atoms with Crippen molar-refractivity contribution in [2.45, 2.75) is 50.1 Å². The molecule has 4 N–H and O–H groups in total. The molecule has 6 nitrogen and oxygen atoms in total. The van der Waals surface area contributed by atoms with Gasteiger partial charge < -0.3 is 16.4 Å². The van der Waals surface area contributed by atoms with E-state index in [-0.39, 0.29) is 35.2 Å². The van der Waals surface area contributed by atoms with Crippen LogP contribution in [-0.4, -0.2) is 33.9 Å². The van der Waals surface area contributed by atoms with Crippen LogP contribution >= 0.6 is 0 Å². The molecule has 4 atom stereocenters. The van der Waals surface area contributed by atoms with E-state index >= 15 is 0 Å². The minimum absolute atomic E-state index is 0.0673. The highest BCUT2D eigenvalue weighted by Crippen LogP contribution is 2.35. The average Bonchev–Trinajstić information content (AvgIpc) is 3.38. The van der Waals surface area contributed by atoms with Gasteiger partial charge in [-0.25, -0.2) is 4.39 Å². The number of carbonyl (C=O) groups is 1. The Labute approximate surface area is 170 Å². The summed E-state index contributed by atoms with van der Waals surface area (Å²) in [7, 11) is 1.37. The number of hydrogen-bond acceptors (Lipinski definition) is 4. The normalized spacial score (nSPS) is 24.3. The lowest BCUT2D eigenvalue weighted by Crippen LogP contribution is -2.53. The lowest BCUT2D eigenvalue weighted by Gasteiger charge is -2.24. The maximum absolute atomic E-state index is 14.6. The second-order valence-electron chi connectivity index (χ2n) is 8.08. The molecule has 2 heterocycles. The van der Waals surface area contributed by atoms with E-state index < -0.39 is 23.9 Å². The number of nitrogens with zero attached hydrogens (tertiary/aromatic N) is 2. The van der Waals surface area contributed by atoms with Crippen LogP contribution in [0.15, 0.2) is 24.3 Å². The minimum Gasteiger partial charge on any atom is -0.339 e. The molecule has 1 aliphatic carbocycles. The average molecular weight is 425 g/mol. The smallest absolute Gasteiger partial charge is 0.339 e. The van der Waals surface area contributed by atoms with E-state index in [0.717, 1.165) is 36.1 Å². The Kier molecular flexibility index (Phi) is 5.31. The summed E-state index contributed by atoms with van der Waals surface area (Å²) in [5.41, 5.74) is 5.65. The van der Waals surface area contributed by atoms with Crippen LogP contribution in [0, 0.1) is 11.7 Å². The van der Waals surface area contributed by atoms with Crippen molar-refractivity contribution >= 4 is 5.91 Å². The van der Waals surface area contributed by atoms with Gasteiger partial charge in [0.2, 0.25) is 5.91 Å². The number of aryl methyl sites for hydroxylation is 1. The summed E-state index contributed by atoms with van der Waals surface area (Å²) in [5, 5.41) is 9.45. The van der Waals surface area contributed by atoms with Crippen LogP contribution in [-0.2, 0) is 24.4 Å². The number of amides is 1. The van der Waals surface area contributed by atoms with Crippen LogP contribution in [0.25, 0.3) is 11.3 Å². The Morgan fingerprint density at radius 2 is 2.13 bits per heavy atom. The first-order valence-corrected chi connectivity index (χ1v) is 9.84. The van der Waals surface area contributed by atoms with Gasteiger partial charge in [-0.3, -0.25) is 9.48 Å². The van der Waals surface area contributed by atoms with Crippen molar-refractivity contribution in [2.75, 3.05) is 0 Å². The molecule has 2 bridgehead atoms. The molecule has 10 heteroatoms. The summed E-state index contributed by atoms with van der Waals surface area (Å²) in [4.78, 5) is 12.4. The number of nitrogens with two attached hydrogens (primary N) is 1. The first-order valence-electron chi connectivity index (χ1n) is 9.84. The zero-order chi connectivity index (χ0) is 21.6. The van der Waals surface area contributed by atoms with Crippen molar-refractivity contribution in [1.82, 2.24) is 20.4 Å². The molecule has 1 saturated carbocycles. The summed E-state index contributed by atoms with van der Waals surface area (Å²) in [6, 6.07) is 5.14. The maximum atomic E-state index is 14.6. The van der Waals surface area contributed by atoms with E-state index in [2.05, 4.69) is 15.7 Å². The van der Waals surface area contributed by atoms with Crippen LogP contribution in [0.2, 0.25) is 0 Å². The predicted molar refractivity (Wildman–Crippen MR) is 101 cm³/mol. The number of piperidine rings is 1. The Balaban J connectivity index is 1.42. The summed E-state index contributed by atoms with van der Waals surface area (Å²) in [6.07, 6.45) is -2.18. The molecule has 2 aromatic rings. The first-order chi connectivity index (χ1) is 14.1. The van der Waals surface area contributed by atoms with Crippen LogP contribution in [0.1, 0.15) is 30.5 Å². The Morgan fingerprint density at radius 1 is 1.37 bits per heavy atom. The highest BCUT2D eigenvalue weighted by Gasteiger charge is 2.42. The van der Waals surface area contributed by atoms with Crippen LogP contribution < -0.4 is 16.4 Å². The molecule has 1 aromatic carbocycles. The lowest BCUT2D eigenvalue weighted by molar-refractivity contribution is -0.141. The number of carbonyl (C=O) groups excluding carboxylic acids is 1. The lowest BCUT2D eigenvalue weighted by atomic mass is 9.99. The van der Waals surface area contributed by atoms with Crippen molar-refractivity contribution in [3.05, 3.63) is 41.3 Å². The first kappa shape index (κ1) is 20.8. The number of nitrogens with one attached hydrogen (secondary N) is 2. The van der Waals surface area contributed by atoms with Gasteiger partial charge in [0.25, 0.3) is 0 Å². The van der Waals surface area contributed by atoms with Crippen molar-refractivity contribution in [2.24, 2.45) is 18.7 Å². The van der Waals surface area contributed by atoms with Gasteiger partial charge >= 0.3 is 6.18 Å². The van der Waals surface area contributed by atoms with E-state index in [4.69, 9.17) is 5.73 Å². The predicted octanol–water partition coefficient (Wildman–Crippen LogP) is 2.33. The molecule has 2 fully saturated rings. The molecule has 2 aliphatic rings. The van der Waals surface area contributed by atoms with Crippen LogP contribution in [0.3, 0.4) is 0 Å². The molecule has 0 spiro atoms.